The van der Waals surface area contributed by atoms with Crippen molar-refractivity contribution in [3.63, 3.8) is 0 Å². The van der Waals surface area contributed by atoms with Gasteiger partial charge in [-0.2, -0.15) is 13.2 Å². The van der Waals surface area contributed by atoms with Crippen LogP contribution in [-0.4, -0.2) is 25.2 Å². The van der Waals surface area contributed by atoms with E-state index in [-0.39, 0.29) is 16.5 Å². The molecule has 0 amide bonds. The lowest BCUT2D eigenvalue weighted by atomic mass is 10.1. The molecule has 0 spiro atoms. The lowest BCUT2D eigenvalue weighted by Crippen LogP contribution is -2.18. The van der Waals surface area contributed by atoms with E-state index < -0.39 is 31.0 Å². The normalized spacial score (nSPS) is 11.6. The molecule has 0 fully saturated rings. The van der Waals surface area contributed by atoms with Gasteiger partial charge >= 0.3 is 6.18 Å². The number of ether oxygens (including phenoxy) is 1. The second kappa shape index (κ2) is 6.29. The summed E-state index contributed by atoms with van der Waals surface area (Å²) >= 11 is 2.92. The molecule has 1 rings (SSSR count). The number of hydrogen-bond acceptors (Lipinski definition) is 2. The summed E-state index contributed by atoms with van der Waals surface area (Å²) in [5.41, 5.74) is -0.167. The Kier molecular flexibility index (Phi) is 5.28. The van der Waals surface area contributed by atoms with Crippen LogP contribution in [0.4, 0.5) is 17.6 Å². The standard InChI is InChI=1S/C11H9BrF4O2/c12-8-3-1-2-7(10(8)13)9(17)4-5-18-6-11(14,15)16/h1-3H,4-6H2. The number of benzene rings is 1. The van der Waals surface area contributed by atoms with E-state index in [0.29, 0.717) is 0 Å². The highest BCUT2D eigenvalue weighted by Gasteiger charge is 2.27. The van der Waals surface area contributed by atoms with Crippen LogP contribution in [0.25, 0.3) is 0 Å². The molecule has 0 aliphatic rings. The Labute approximate surface area is 109 Å². The fourth-order valence-corrected chi connectivity index (χ4v) is 1.57. The van der Waals surface area contributed by atoms with Crippen molar-refractivity contribution in [2.45, 2.75) is 12.6 Å². The van der Waals surface area contributed by atoms with E-state index in [0.717, 1.165) is 0 Å². The van der Waals surface area contributed by atoms with Crippen molar-refractivity contribution in [1.82, 2.24) is 0 Å². The third-order valence-electron chi connectivity index (χ3n) is 1.99. The summed E-state index contributed by atoms with van der Waals surface area (Å²) in [4.78, 5) is 11.5. The summed E-state index contributed by atoms with van der Waals surface area (Å²) in [7, 11) is 0. The van der Waals surface area contributed by atoms with Crippen LogP contribution in [0.2, 0.25) is 0 Å². The molecule has 0 aliphatic carbocycles. The molecule has 0 saturated carbocycles. The predicted molar refractivity (Wildman–Crippen MR) is 59.9 cm³/mol. The predicted octanol–water partition coefficient (Wildman–Crippen LogP) is 3.74. The molecule has 0 radical (unpaired) electrons. The van der Waals surface area contributed by atoms with Crippen molar-refractivity contribution in [3.8, 4) is 0 Å². The van der Waals surface area contributed by atoms with Gasteiger partial charge in [-0.15, -0.1) is 0 Å². The Balaban J connectivity index is 2.49. The number of Topliss-reactive ketones (excluding diaryl/α,β-unsaturated/α-hetero) is 1. The Hall–Kier alpha value is -0.950. The summed E-state index contributed by atoms with van der Waals surface area (Å²) in [6.07, 6.45) is -4.73. The highest BCUT2D eigenvalue weighted by molar-refractivity contribution is 9.10. The lowest BCUT2D eigenvalue weighted by molar-refractivity contribution is -0.173. The highest BCUT2D eigenvalue weighted by atomic mass is 79.9. The van der Waals surface area contributed by atoms with Crippen molar-refractivity contribution in [1.29, 1.82) is 0 Å². The molecular weight excluding hydrogens is 320 g/mol. The zero-order chi connectivity index (χ0) is 13.8. The van der Waals surface area contributed by atoms with Gasteiger partial charge in [0.25, 0.3) is 0 Å². The fraction of sp³-hybridized carbons (Fsp3) is 0.364. The number of carbonyl (C=O) groups is 1. The van der Waals surface area contributed by atoms with E-state index >= 15 is 0 Å². The largest absolute Gasteiger partial charge is 0.411 e. The average molecular weight is 329 g/mol. The van der Waals surface area contributed by atoms with E-state index in [4.69, 9.17) is 0 Å². The van der Waals surface area contributed by atoms with E-state index in [1.807, 2.05) is 0 Å². The van der Waals surface area contributed by atoms with Gasteiger partial charge in [0.2, 0.25) is 0 Å². The van der Waals surface area contributed by atoms with Crippen LogP contribution in [0.15, 0.2) is 22.7 Å². The lowest BCUT2D eigenvalue weighted by Gasteiger charge is -2.07. The minimum atomic E-state index is -4.43. The van der Waals surface area contributed by atoms with Gasteiger partial charge in [-0.1, -0.05) is 6.07 Å². The average Bonchev–Trinajstić information content (AvgIpc) is 2.26. The van der Waals surface area contributed by atoms with E-state index in [2.05, 4.69) is 20.7 Å². The quantitative estimate of drug-likeness (QED) is 0.467. The molecule has 0 aliphatic heterocycles. The number of ketones is 1. The molecule has 0 bridgehead atoms. The van der Waals surface area contributed by atoms with Crippen LogP contribution in [0.5, 0.6) is 0 Å². The molecule has 7 heteroatoms. The first-order chi connectivity index (χ1) is 8.31. The minimum absolute atomic E-state index is 0.129. The van der Waals surface area contributed by atoms with Crippen LogP contribution in [0.3, 0.4) is 0 Å². The van der Waals surface area contributed by atoms with Crippen LogP contribution in [-0.2, 0) is 4.74 Å². The second-order valence-corrected chi connectivity index (χ2v) is 4.30. The maximum atomic E-state index is 13.5. The van der Waals surface area contributed by atoms with Crippen LogP contribution < -0.4 is 0 Å². The zero-order valence-electron chi connectivity index (χ0n) is 9.06. The van der Waals surface area contributed by atoms with Crippen LogP contribution >= 0.6 is 15.9 Å². The highest BCUT2D eigenvalue weighted by Crippen LogP contribution is 2.20. The Morgan fingerprint density at radius 1 is 1.33 bits per heavy atom. The first-order valence-corrected chi connectivity index (χ1v) is 5.72. The molecule has 100 valence electrons. The molecule has 1 aromatic carbocycles. The van der Waals surface area contributed by atoms with Gasteiger partial charge < -0.3 is 4.74 Å². The van der Waals surface area contributed by atoms with Crippen LogP contribution in [0.1, 0.15) is 16.8 Å². The van der Waals surface area contributed by atoms with Gasteiger partial charge in [0.1, 0.15) is 12.4 Å². The van der Waals surface area contributed by atoms with Crippen molar-refractivity contribution < 1.29 is 27.1 Å². The van der Waals surface area contributed by atoms with Gasteiger partial charge in [0.15, 0.2) is 5.78 Å². The second-order valence-electron chi connectivity index (χ2n) is 3.44. The molecule has 0 unspecified atom stereocenters. The first kappa shape index (κ1) is 15.1. The summed E-state index contributed by atoms with van der Waals surface area (Å²) in [6, 6.07) is 4.16. The third-order valence-corrected chi connectivity index (χ3v) is 2.60. The number of carbonyl (C=O) groups excluding carboxylic acids is 1. The number of alkyl halides is 3. The van der Waals surface area contributed by atoms with Crippen molar-refractivity contribution in [2.75, 3.05) is 13.2 Å². The molecule has 0 atom stereocenters. The SMILES string of the molecule is O=C(CCOCC(F)(F)F)c1cccc(Br)c1F. The molecule has 2 nitrogen and oxygen atoms in total. The monoisotopic (exact) mass is 328 g/mol. The van der Waals surface area contributed by atoms with E-state index in [9.17, 15) is 22.4 Å². The first-order valence-electron chi connectivity index (χ1n) is 4.93. The van der Waals surface area contributed by atoms with Crippen molar-refractivity contribution >= 4 is 21.7 Å². The molecular formula is C11H9BrF4O2. The maximum absolute atomic E-state index is 13.5. The van der Waals surface area contributed by atoms with Crippen molar-refractivity contribution in [2.24, 2.45) is 0 Å². The summed E-state index contributed by atoms with van der Waals surface area (Å²) in [6.45, 7) is -1.81. The van der Waals surface area contributed by atoms with E-state index in [1.54, 1.807) is 0 Å². The van der Waals surface area contributed by atoms with Gasteiger partial charge in [0, 0.05) is 6.42 Å². The summed E-state index contributed by atoms with van der Waals surface area (Å²) < 4.78 is 53.1. The zero-order valence-corrected chi connectivity index (χ0v) is 10.6. The molecule has 0 N–H and O–H groups in total. The van der Waals surface area contributed by atoms with Gasteiger partial charge in [-0.3, -0.25) is 4.79 Å². The van der Waals surface area contributed by atoms with Gasteiger partial charge in [-0.25, -0.2) is 4.39 Å². The summed E-state index contributed by atoms with van der Waals surface area (Å²) in [5.74, 6) is -1.32. The van der Waals surface area contributed by atoms with Crippen LogP contribution in [0, 0.1) is 5.82 Å². The minimum Gasteiger partial charge on any atom is -0.372 e. The van der Waals surface area contributed by atoms with E-state index in [1.165, 1.54) is 18.2 Å². The molecule has 0 aromatic heterocycles. The number of rotatable bonds is 5. The number of hydrogen-bond donors (Lipinski definition) is 0. The third kappa shape index (κ3) is 4.73. The summed E-state index contributed by atoms with van der Waals surface area (Å²) in [5, 5.41) is 0. The molecule has 1 aromatic rings. The van der Waals surface area contributed by atoms with Crippen molar-refractivity contribution in [3.05, 3.63) is 34.1 Å². The molecule has 0 saturated heterocycles. The Morgan fingerprint density at radius 3 is 2.61 bits per heavy atom. The smallest absolute Gasteiger partial charge is 0.372 e. The van der Waals surface area contributed by atoms with Gasteiger partial charge in [0.05, 0.1) is 16.6 Å². The Morgan fingerprint density at radius 2 is 2.00 bits per heavy atom. The number of halogens is 5. The molecule has 18 heavy (non-hydrogen) atoms. The Bertz CT molecular complexity index is 432. The van der Waals surface area contributed by atoms with Gasteiger partial charge in [-0.05, 0) is 28.1 Å². The molecule has 0 heterocycles. The topological polar surface area (TPSA) is 26.3 Å². The fourth-order valence-electron chi connectivity index (χ4n) is 1.21. The maximum Gasteiger partial charge on any atom is 0.411 e.